The third kappa shape index (κ3) is 4.93. The van der Waals surface area contributed by atoms with Gasteiger partial charge in [-0.1, -0.05) is 0 Å². The summed E-state index contributed by atoms with van der Waals surface area (Å²) in [4.78, 5) is 0. The Balaban J connectivity index is 0.00000162. The van der Waals surface area contributed by atoms with Gasteiger partial charge >= 0.3 is 118 Å². The van der Waals surface area contributed by atoms with Crippen molar-refractivity contribution in [2.24, 2.45) is 11.8 Å². The molecule has 0 bridgehead atoms. The standard InChI is InChI=1S/2C8H11.2BrH.Zr/c2*1-7(2)8-5-3-4-6-8;;;/h2*3,5,7H,4H2,1-2H3;2*1H;. The third-order valence-electron chi connectivity index (χ3n) is 3.48. The van der Waals surface area contributed by atoms with Gasteiger partial charge < -0.3 is 0 Å². The summed E-state index contributed by atoms with van der Waals surface area (Å²) in [6, 6.07) is 0. The van der Waals surface area contributed by atoms with Crippen LogP contribution in [0.2, 0.25) is 0 Å². The summed E-state index contributed by atoms with van der Waals surface area (Å²) in [5, 5.41) is 0. The predicted octanol–water partition coefficient (Wildman–Crippen LogP) is 5.96. The Labute approximate surface area is 150 Å². The van der Waals surface area contributed by atoms with Crippen molar-refractivity contribution in [3.63, 3.8) is 0 Å². The molecule has 0 saturated carbocycles. The Morgan fingerprint density at radius 1 is 0.789 bits per heavy atom. The molecule has 0 nitrogen and oxygen atoms in total. The molecule has 0 unspecified atom stereocenters. The van der Waals surface area contributed by atoms with Gasteiger partial charge in [0.1, 0.15) is 0 Å². The van der Waals surface area contributed by atoms with E-state index in [4.69, 9.17) is 0 Å². The molecular formula is C16H24Br2Zr. The number of halogens is 2. The summed E-state index contributed by atoms with van der Waals surface area (Å²) in [7, 11) is 0. The van der Waals surface area contributed by atoms with Gasteiger partial charge in [-0.2, -0.15) is 0 Å². The van der Waals surface area contributed by atoms with Gasteiger partial charge in [-0.05, 0) is 0 Å². The van der Waals surface area contributed by atoms with E-state index in [1.807, 2.05) is 6.56 Å². The Kier molecular flexibility index (Phi) is 9.33. The Morgan fingerprint density at radius 2 is 1.16 bits per heavy atom. The van der Waals surface area contributed by atoms with Crippen LogP contribution in [-0.2, 0) is 23.2 Å². The van der Waals surface area contributed by atoms with E-state index in [2.05, 4.69) is 52.0 Å². The summed E-state index contributed by atoms with van der Waals surface area (Å²) in [6.07, 6.45) is 12.0. The van der Waals surface area contributed by atoms with Crippen molar-refractivity contribution in [3.05, 3.63) is 42.0 Å². The van der Waals surface area contributed by atoms with E-state index < -0.39 is 23.2 Å². The molecule has 0 N–H and O–H groups in total. The minimum absolute atomic E-state index is 0. The molecule has 0 atom stereocenters. The maximum atomic E-state index is 2.37. The molecule has 19 heavy (non-hydrogen) atoms. The summed E-state index contributed by atoms with van der Waals surface area (Å²) < 4.78 is 3.64. The van der Waals surface area contributed by atoms with Crippen molar-refractivity contribution in [3.8, 4) is 0 Å². The molecule has 3 heteroatoms. The fourth-order valence-electron chi connectivity index (χ4n) is 2.55. The first-order chi connectivity index (χ1) is 8.09. The first-order valence-electron chi connectivity index (χ1n) is 6.65. The van der Waals surface area contributed by atoms with Crippen LogP contribution in [0.1, 0.15) is 40.5 Å². The average Bonchev–Trinajstić information content (AvgIpc) is 2.86. The molecule has 0 saturated heterocycles. The Morgan fingerprint density at radius 3 is 1.47 bits per heavy atom. The van der Waals surface area contributed by atoms with E-state index in [1.54, 1.807) is 11.1 Å². The van der Waals surface area contributed by atoms with Crippen molar-refractivity contribution in [1.29, 1.82) is 0 Å². The van der Waals surface area contributed by atoms with Crippen LogP contribution in [0.4, 0.5) is 0 Å². The van der Waals surface area contributed by atoms with E-state index >= 15 is 0 Å². The first-order valence-corrected chi connectivity index (χ1v) is 9.11. The van der Waals surface area contributed by atoms with Crippen LogP contribution in [0.3, 0.4) is 0 Å². The molecule has 0 aromatic heterocycles. The topological polar surface area (TPSA) is 0 Å². The molecule has 0 fully saturated rings. The molecule has 0 radical (unpaired) electrons. The number of hydrogen-bond donors (Lipinski definition) is 0. The van der Waals surface area contributed by atoms with Crippen molar-refractivity contribution in [2.75, 3.05) is 0 Å². The maximum absolute atomic E-state index is 2.37. The van der Waals surface area contributed by atoms with Crippen molar-refractivity contribution in [2.45, 2.75) is 40.5 Å². The minimum atomic E-state index is -0.491. The Bertz CT molecular complexity index is 386. The second kappa shape index (κ2) is 8.95. The van der Waals surface area contributed by atoms with Gasteiger partial charge in [0.2, 0.25) is 0 Å². The molecule has 0 aromatic carbocycles. The number of allylic oxidation sites excluding steroid dienone is 8. The molecule has 106 valence electrons. The van der Waals surface area contributed by atoms with Gasteiger partial charge in [0.15, 0.2) is 0 Å². The Hall–Kier alpha value is 0.803. The van der Waals surface area contributed by atoms with Gasteiger partial charge in [0, 0.05) is 0 Å². The predicted molar refractivity (Wildman–Crippen MR) is 91.9 cm³/mol. The normalized spacial score (nSPS) is 17.4. The van der Waals surface area contributed by atoms with Crippen LogP contribution in [0.15, 0.2) is 42.0 Å². The molecule has 2 aliphatic rings. The summed E-state index contributed by atoms with van der Waals surface area (Å²) >= 11 is -0.491. The molecular weight excluding hydrogens is 443 g/mol. The average molecular weight is 467 g/mol. The summed E-state index contributed by atoms with van der Waals surface area (Å²) in [5.74, 6) is 1.42. The number of hydrogen-bond acceptors (Lipinski definition) is 0. The van der Waals surface area contributed by atoms with E-state index in [0.29, 0.717) is 11.8 Å². The van der Waals surface area contributed by atoms with Gasteiger partial charge in [-0.15, -0.1) is 34.0 Å². The SMILES string of the molecule is Br.Br.CC(C)C1=[C]([Zr][C]2=C(C(C)C)C=CC2)CC=C1. The molecule has 0 heterocycles. The van der Waals surface area contributed by atoms with Crippen LogP contribution >= 0.6 is 34.0 Å². The fourth-order valence-corrected chi connectivity index (χ4v) is 7.07. The number of rotatable bonds is 4. The van der Waals surface area contributed by atoms with Crippen LogP contribution < -0.4 is 0 Å². The second-order valence-electron chi connectivity index (χ2n) is 5.52. The van der Waals surface area contributed by atoms with Crippen molar-refractivity contribution >= 4 is 34.0 Å². The molecule has 0 spiro atoms. The van der Waals surface area contributed by atoms with Crippen LogP contribution in [0, 0.1) is 11.8 Å². The fraction of sp³-hybridized carbons (Fsp3) is 0.500. The van der Waals surface area contributed by atoms with Crippen molar-refractivity contribution < 1.29 is 23.2 Å². The van der Waals surface area contributed by atoms with Crippen LogP contribution in [0.25, 0.3) is 0 Å². The van der Waals surface area contributed by atoms with E-state index in [1.165, 1.54) is 12.8 Å². The zero-order valence-corrected chi connectivity index (χ0v) is 18.1. The van der Waals surface area contributed by atoms with E-state index in [9.17, 15) is 0 Å². The van der Waals surface area contributed by atoms with E-state index in [0.717, 1.165) is 0 Å². The van der Waals surface area contributed by atoms with E-state index in [-0.39, 0.29) is 34.0 Å². The molecule has 0 amide bonds. The van der Waals surface area contributed by atoms with Crippen molar-refractivity contribution in [1.82, 2.24) is 0 Å². The zero-order valence-electron chi connectivity index (χ0n) is 12.2. The summed E-state index contributed by atoms with van der Waals surface area (Å²) in [5.41, 5.74) is 3.30. The van der Waals surface area contributed by atoms with Gasteiger partial charge in [0.25, 0.3) is 0 Å². The molecule has 0 aliphatic heterocycles. The quantitative estimate of drug-likeness (QED) is 0.478. The first kappa shape index (κ1) is 19.8. The van der Waals surface area contributed by atoms with Gasteiger partial charge in [-0.3, -0.25) is 0 Å². The van der Waals surface area contributed by atoms with Crippen LogP contribution in [0.5, 0.6) is 0 Å². The molecule has 2 aliphatic carbocycles. The van der Waals surface area contributed by atoms with Crippen LogP contribution in [-0.4, -0.2) is 0 Å². The zero-order chi connectivity index (χ0) is 12.4. The third-order valence-corrected chi connectivity index (χ3v) is 7.39. The van der Waals surface area contributed by atoms with Gasteiger partial charge in [-0.25, -0.2) is 0 Å². The molecule has 2 rings (SSSR count). The molecule has 0 aromatic rings. The summed E-state index contributed by atoms with van der Waals surface area (Å²) in [6.45, 7) is 9.31. The second-order valence-corrected chi connectivity index (χ2v) is 9.10. The van der Waals surface area contributed by atoms with Gasteiger partial charge in [0.05, 0.1) is 0 Å². The monoisotopic (exact) mass is 464 g/mol.